The van der Waals surface area contributed by atoms with Crippen molar-refractivity contribution in [1.29, 1.82) is 0 Å². The first kappa shape index (κ1) is 10.5. The first-order chi connectivity index (χ1) is 6.81. The van der Waals surface area contributed by atoms with Crippen LogP contribution >= 0.6 is 0 Å². The molecular weight excluding hydrogens is 178 g/mol. The molecule has 0 fully saturated rings. The quantitative estimate of drug-likeness (QED) is 0.677. The Morgan fingerprint density at radius 1 is 1.57 bits per heavy atom. The maximum atomic E-state index is 6.70. The van der Waals surface area contributed by atoms with E-state index in [1.54, 1.807) is 13.3 Å². The zero-order valence-corrected chi connectivity index (χ0v) is 8.45. The summed E-state index contributed by atoms with van der Waals surface area (Å²) >= 11 is 0. The number of nitrogens with zero attached hydrogens (tertiary/aromatic N) is 3. The molecule has 0 aliphatic heterocycles. The molecule has 0 amide bonds. The predicted molar refractivity (Wildman–Crippen MR) is 53.1 cm³/mol. The van der Waals surface area contributed by atoms with Gasteiger partial charge in [0, 0.05) is 18.2 Å². The van der Waals surface area contributed by atoms with Crippen molar-refractivity contribution in [2.24, 2.45) is 0 Å². The molecule has 0 saturated carbocycles. The summed E-state index contributed by atoms with van der Waals surface area (Å²) in [6, 6.07) is 0. The Balaban J connectivity index is 2.88. The van der Waals surface area contributed by atoms with Crippen molar-refractivity contribution in [3.63, 3.8) is 0 Å². The largest absolute Gasteiger partial charge is 0.481 e. The van der Waals surface area contributed by atoms with Gasteiger partial charge in [-0.3, -0.25) is 0 Å². The van der Waals surface area contributed by atoms with Crippen LogP contribution in [0.3, 0.4) is 0 Å². The SMILES string of the molecule is [C-]#[N+]CCc1cnc(CC)nc1OC. The molecule has 74 valence electrons. The maximum Gasteiger partial charge on any atom is 0.219 e. The van der Waals surface area contributed by atoms with Gasteiger partial charge in [-0.25, -0.2) is 11.6 Å². The Kier molecular flexibility index (Phi) is 3.86. The summed E-state index contributed by atoms with van der Waals surface area (Å²) in [7, 11) is 1.59. The highest BCUT2D eigenvalue weighted by Crippen LogP contribution is 2.14. The van der Waals surface area contributed by atoms with Crippen molar-refractivity contribution in [3.8, 4) is 5.88 Å². The second-order valence-corrected chi connectivity index (χ2v) is 2.81. The minimum Gasteiger partial charge on any atom is -0.481 e. The third-order valence-electron chi connectivity index (χ3n) is 1.88. The third-order valence-corrected chi connectivity index (χ3v) is 1.88. The molecule has 1 rings (SSSR count). The van der Waals surface area contributed by atoms with Crippen molar-refractivity contribution in [2.45, 2.75) is 19.8 Å². The maximum absolute atomic E-state index is 6.70. The molecule has 0 unspecified atom stereocenters. The van der Waals surface area contributed by atoms with E-state index in [9.17, 15) is 0 Å². The van der Waals surface area contributed by atoms with Crippen molar-refractivity contribution in [2.75, 3.05) is 13.7 Å². The Hall–Kier alpha value is -1.63. The topological polar surface area (TPSA) is 39.4 Å². The number of aromatic nitrogens is 2. The van der Waals surface area contributed by atoms with E-state index < -0.39 is 0 Å². The van der Waals surface area contributed by atoms with Gasteiger partial charge in [0.1, 0.15) is 5.82 Å². The Morgan fingerprint density at radius 3 is 2.93 bits per heavy atom. The molecule has 0 aliphatic carbocycles. The summed E-state index contributed by atoms with van der Waals surface area (Å²) in [5.41, 5.74) is 0.903. The van der Waals surface area contributed by atoms with Crippen molar-refractivity contribution >= 4 is 0 Å². The second kappa shape index (κ2) is 5.18. The van der Waals surface area contributed by atoms with E-state index in [2.05, 4.69) is 14.8 Å². The molecule has 1 heterocycles. The van der Waals surface area contributed by atoms with Crippen LogP contribution in [0, 0.1) is 6.57 Å². The van der Waals surface area contributed by atoms with Crippen LogP contribution in [0.4, 0.5) is 0 Å². The van der Waals surface area contributed by atoms with Gasteiger partial charge in [-0.2, -0.15) is 4.98 Å². The minimum absolute atomic E-state index is 0.450. The van der Waals surface area contributed by atoms with Crippen LogP contribution in [0.2, 0.25) is 0 Å². The lowest BCUT2D eigenvalue weighted by atomic mass is 10.2. The number of hydrogen-bond acceptors (Lipinski definition) is 3. The number of ether oxygens (including phenoxy) is 1. The van der Waals surface area contributed by atoms with Gasteiger partial charge in [0.2, 0.25) is 12.4 Å². The zero-order valence-electron chi connectivity index (χ0n) is 8.45. The predicted octanol–water partition coefficient (Wildman–Crippen LogP) is 1.51. The number of methoxy groups -OCH3 is 1. The van der Waals surface area contributed by atoms with Gasteiger partial charge in [-0.15, -0.1) is 0 Å². The summed E-state index contributed by atoms with van der Waals surface area (Å²) in [5, 5.41) is 0. The van der Waals surface area contributed by atoms with Crippen LogP contribution in [0.25, 0.3) is 4.85 Å². The summed E-state index contributed by atoms with van der Waals surface area (Å²) in [6.45, 7) is 9.14. The van der Waals surface area contributed by atoms with E-state index >= 15 is 0 Å². The molecule has 0 atom stereocenters. The molecule has 0 radical (unpaired) electrons. The van der Waals surface area contributed by atoms with Gasteiger partial charge in [0.25, 0.3) is 0 Å². The highest BCUT2D eigenvalue weighted by molar-refractivity contribution is 5.24. The van der Waals surface area contributed by atoms with Crippen molar-refractivity contribution < 1.29 is 4.74 Å². The summed E-state index contributed by atoms with van der Waals surface area (Å²) in [6.07, 6.45) is 3.19. The molecule has 0 aromatic carbocycles. The number of rotatable bonds is 4. The van der Waals surface area contributed by atoms with Gasteiger partial charge in [0.15, 0.2) is 0 Å². The third kappa shape index (κ3) is 2.43. The second-order valence-electron chi connectivity index (χ2n) is 2.81. The van der Waals surface area contributed by atoms with E-state index in [0.717, 1.165) is 17.8 Å². The summed E-state index contributed by atoms with van der Waals surface area (Å²) in [5.74, 6) is 1.37. The van der Waals surface area contributed by atoms with E-state index in [4.69, 9.17) is 11.3 Å². The lowest BCUT2D eigenvalue weighted by Crippen LogP contribution is -2.02. The van der Waals surface area contributed by atoms with Crippen LogP contribution in [0.1, 0.15) is 18.3 Å². The summed E-state index contributed by atoms with van der Waals surface area (Å²) < 4.78 is 5.13. The lowest BCUT2D eigenvalue weighted by molar-refractivity contribution is 0.389. The first-order valence-electron chi connectivity index (χ1n) is 4.53. The number of hydrogen-bond donors (Lipinski definition) is 0. The average Bonchev–Trinajstić information content (AvgIpc) is 2.26. The molecule has 4 heteroatoms. The van der Waals surface area contributed by atoms with Gasteiger partial charge in [-0.05, 0) is 0 Å². The van der Waals surface area contributed by atoms with Crippen molar-refractivity contribution in [3.05, 3.63) is 29.0 Å². The van der Waals surface area contributed by atoms with E-state index in [1.165, 1.54) is 0 Å². The van der Waals surface area contributed by atoms with Crippen LogP contribution in [-0.4, -0.2) is 23.6 Å². The molecule has 0 aliphatic rings. The van der Waals surface area contributed by atoms with Gasteiger partial charge < -0.3 is 9.58 Å². The zero-order chi connectivity index (χ0) is 10.4. The fraction of sp³-hybridized carbons (Fsp3) is 0.500. The van der Waals surface area contributed by atoms with Gasteiger partial charge >= 0.3 is 0 Å². The molecule has 0 spiro atoms. The van der Waals surface area contributed by atoms with Crippen molar-refractivity contribution in [1.82, 2.24) is 9.97 Å². The highest BCUT2D eigenvalue weighted by atomic mass is 16.5. The Morgan fingerprint density at radius 2 is 2.36 bits per heavy atom. The lowest BCUT2D eigenvalue weighted by Gasteiger charge is -2.05. The van der Waals surface area contributed by atoms with Gasteiger partial charge in [-0.1, -0.05) is 6.92 Å². The van der Waals surface area contributed by atoms with Crippen LogP contribution < -0.4 is 4.74 Å². The van der Waals surface area contributed by atoms with Crippen LogP contribution in [-0.2, 0) is 12.8 Å². The molecule has 4 nitrogen and oxygen atoms in total. The smallest absolute Gasteiger partial charge is 0.219 e. The molecule has 1 aromatic rings. The molecular formula is C10H13N3O. The fourth-order valence-corrected chi connectivity index (χ4v) is 1.12. The molecule has 0 saturated heterocycles. The first-order valence-corrected chi connectivity index (χ1v) is 4.53. The molecule has 0 bridgehead atoms. The van der Waals surface area contributed by atoms with E-state index in [-0.39, 0.29) is 0 Å². The average molecular weight is 191 g/mol. The molecule has 14 heavy (non-hydrogen) atoms. The molecule has 0 N–H and O–H groups in total. The number of aryl methyl sites for hydroxylation is 1. The van der Waals surface area contributed by atoms with E-state index in [1.807, 2.05) is 6.92 Å². The Labute approximate surface area is 83.8 Å². The standard InChI is InChI=1S/C10H13N3O/c1-4-9-12-7-8(5-6-11-2)10(13-9)14-3/h7H,4-6H2,1,3H3. The van der Waals surface area contributed by atoms with Crippen LogP contribution in [0.5, 0.6) is 5.88 Å². The Bertz CT molecular complexity index is 344. The highest BCUT2D eigenvalue weighted by Gasteiger charge is 2.07. The monoisotopic (exact) mass is 191 g/mol. The fourth-order valence-electron chi connectivity index (χ4n) is 1.12. The minimum atomic E-state index is 0.450. The summed E-state index contributed by atoms with van der Waals surface area (Å²) in [4.78, 5) is 11.7. The van der Waals surface area contributed by atoms with Crippen LogP contribution in [0.15, 0.2) is 6.20 Å². The van der Waals surface area contributed by atoms with E-state index in [0.29, 0.717) is 18.8 Å². The molecule has 1 aromatic heterocycles. The normalized spacial score (nSPS) is 9.50. The van der Waals surface area contributed by atoms with Gasteiger partial charge in [0.05, 0.1) is 13.5 Å².